The van der Waals surface area contributed by atoms with E-state index in [9.17, 15) is 10.1 Å². The molecule has 2 rings (SSSR count). The van der Waals surface area contributed by atoms with Gasteiger partial charge in [-0.1, -0.05) is 11.3 Å². The fourth-order valence-corrected chi connectivity index (χ4v) is 2.22. The van der Waals surface area contributed by atoms with Gasteiger partial charge in [-0.05, 0) is 25.1 Å². The van der Waals surface area contributed by atoms with Crippen LogP contribution < -0.4 is 5.32 Å². The third kappa shape index (κ3) is 2.92. The third-order valence-electron chi connectivity index (χ3n) is 2.38. The second-order valence-corrected chi connectivity index (χ2v) is 4.76. The van der Waals surface area contributed by atoms with Crippen LogP contribution in [-0.4, -0.2) is 4.92 Å². The Morgan fingerprint density at radius 1 is 1.53 bits per heavy atom. The highest BCUT2D eigenvalue weighted by molar-refractivity contribution is 7.15. The van der Waals surface area contributed by atoms with E-state index in [1.54, 1.807) is 12.3 Å². The first-order valence-electron chi connectivity index (χ1n) is 5.16. The van der Waals surface area contributed by atoms with Gasteiger partial charge in [-0.3, -0.25) is 10.1 Å². The Kier molecular flexibility index (Phi) is 3.55. The summed E-state index contributed by atoms with van der Waals surface area (Å²) >= 11 is 1.19. The van der Waals surface area contributed by atoms with E-state index in [0.717, 1.165) is 10.6 Å². The number of nitrogens with zero attached hydrogens (tertiary/aromatic N) is 1. The summed E-state index contributed by atoms with van der Waals surface area (Å²) in [7, 11) is 0. The zero-order valence-electron chi connectivity index (χ0n) is 9.25. The number of hydrogen-bond acceptors (Lipinski definition) is 5. The SMILES string of the molecule is C[C@H](NCc1ccc([N+](=O)[O-])s1)c1ccco1. The number of hydrogen-bond donors (Lipinski definition) is 1. The fourth-order valence-electron chi connectivity index (χ4n) is 1.45. The average Bonchev–Trinajstić information content (AvgIpc) is 2.97. The van der Waals surface area contributed by atoms with Gasteiger partial charge in [0.2, 0.25) is 0 Å². The Balaban J connectivity index is 1.91. The van der Waals surface area contributed by atoms with Crippen molar-refractivity contribution in [2.45, 2.75) is 19.5 Å². The molecule has 90 valence electrons. The normalized spacial score (nSPS) is 12.5. The summed E-state index contributed by atoms with van der Waals surface area (Å²) < 4.78 is 5.26. The van der Waals surface area contributed by atoms with Crippen LogP contribution in [0, 0.1) is 10.1 Å². The summed E-state index contributed by atoms with van der Waals surface area (Å²) in [6, 6.07) is 7.12. The Bertz CT molecular complexity index is 493. The lowest BCUT2D eigenvalue weighted by Gasteiger charge is -2.09. The molecule has 0 aliphatic heterocycles. The molecule has 0 saturated heterocycles. The van der Waals surface area contributed by atoms with Crippen LogP contribution in [0.5, 0.6) is 0 Å². The quantitative estimate of drug-likeness (QED) is 0.655. The molecule has 1 atom stereocenters. The Hall–Kier alpha value is -1.66. The Morgan fingerprint density at radius 3 is 2.94 bits per heavy atom. The molecule has 0 spiro atoms. The molecule has 17 heavy (non-hydrogen) atoms. The number of rotatable bonds is 5. The van der Waals surface area contributed by atoms with E-state index in [0.29, 0.717) is 6.54 Å². The van der Waals surface area contributed by atoms with Gasteiger partial charge in [0.1, 0.15) is 5.76 Å². The van der Waals surface area contributed by atoms with Crippen molar-refractivity contribution in [2.24, 2.45) is 0 Å². The van der Waals surface area contributed by atoms with Crippen molar-refractivity contribution in [2.75, 3.05) is 0 Å². The lowest BCUT2D eigenvalue weighted by molar-refractivity contribution is -0.380. The highest BCUT2D eigenvalue weighted by Gasteiger charge is 2.11. The molecule has 0 saturated carbocycles. The van der Waals surface area contributed by atoms with Gasteiger partial charge in [0.25, 0.3) is 0 Å². The van der Waals surface area contributed by atoms with Crippen LogP contribution in [-0.2, 0) is 6.54 Å². The Labute approximate surface area is 102 Å². The molecule has 5 nitrogen and oxygen atoms in total. The minimum Gasteiger partial charge on any atom is -0.468 e. The van der Waals surface area contributed by atoms with Crippen molar-refractivity contribution < 1.29 is 9.34 Å². The largest absolute Gasteiger partial charge is 0.468 e. The molecule has 0 aliphatic rings. The van der Waals surface area contributed by atoms with E-state index < -0.39 is 0 Å². The van der Waals surface area contributed by atoms with Crippen molar-refractivity contribution in [3.05, 3.63) is 51.3 Å². The van der Waals surface area contributed by atoms with Crippen LogP contribution in [0.3, 0.4) is 0 Å². The highest BCUT2D eigenvalue weighted by atomic mass is 32.1. The monoisotopic (exact) mass is 252 g/mol. The van der Waals surface area contributed by atoms with E-state index in [1.807, 2.05) is 19.1 Å². The summed E-state index contributed by atoms with van der Waals surface area (Å²) in [4.78, 5) is 11.1. The zero-order chi connectivity index (χ0) is 12.3. The molecule has 1 N–H and O–H groups in total. The van der Waals surface area contributed by atoms with Crippen LogP contribution in [0.15, 0.2) is 34.9 Å². The molecule has 0 amide bonds. The number of thiophene rings is 1. The minimum atomic E-state index is -0.371. The molecule has 0 fully saturated rings. The standard InChI is InChI=1S/C11H12N2O3S/c1-8(10-3-2-6-16-10)12-7-9-4-5-11(17-9)13(14)15/h2-6,8,12H,7H2,1H3/t8-/m0/s1. The first kappa shape index (κ1) is 11.8. The lowest BCUT2D eigenvalue weighted by atomic mass is 10.2. The van der Waals surface area contributed by atoms with Crippen molar-refractivity contribution in [1.29, 1.82) is 0 Å². The molecule has 0 radical (unpaired) electrons. The molecule has 6 heteroatoms. The molecule has 0 unspecified atom stereocenters. The number of nitrogens with one attached hydrogen (secondary N) is 1. The zero-order valence-corrected chi connectivity index (χ0v) is 10.1. The van der Waals surface area contributed by atoms with Gasteiger partial charge < -0.3 is 9.73 Å². The molecule has 2 aromatic rings. The first-order chi connectivity index (χ1) is 8.16. The maximum absolute atomic E-state index is 10.5. The van der Waals surface area contributed by atoms with Gasteiger partial charge in [0, 0.05) is 17.5 Å². The first-order valence-corrected chi connectivity index (χ1v) is 5.98. The van der Waals surface area contributed by atoms with Gasteiger partial charge in [-0.2, -0.15) is 0 Å². The van der Waals surface area contributed by atoms with Gasteiger partial charge in [-0.25, -0.2) is 0 Å². The number of furan rings is 1. The maximum Gasteiger partial charge on any atom is 0.324 e. The second kappa shape index (κ2) is 5.11. The van der Waals surface area contributed by atoms with E-state index in [4.69, 9.17) is 4.42 Å². The van der Waals surface area contributed by atoms with Gasteiger partial charge in [-0.15, -0.1) is 0 Å². The Morgan fingerprint density at radius 2 is 2.35 bits per heavy atom. The summed E-state index contributed by atoms with van der Waals surface area (Å²) in [6.07, 6.45) is 1.63. The second-order valence-electron chi connectivity index (χ2n) is 3.62. The van der Waals surface area contributed by atoms with Crippen molar-refractivity contribution >= 4 is 16.3 Å². The van der Waals surface area contributed by atoms with E-state index in [2.05, 4.69) is 5.32 Å². The van der Waals surface area contributed by atoms with Crippen LogP contribution >= 0.6 is 11.3 Å². The van der Waals surface area contributed by atoms with Crippen LogP contribution in [0.25, 0.3) is 0 Å². The topological polar surface area (TPSA) is 68.3 Å². The summed E-state index contributed by atoms with van der Waals surface area (Å²) in [5.74, 6) is 0.857. The summed E-state index contributed by atoms with van der Waals surface area (Å²) in [6.45, 7) is 2.58. The third-order valence-corrected chi connectivity index (χ3v) is 3.42. The maximum atomic E-state index is 10.5. The molecule has 2 heterocycles. The van der Waals surface area contributed by atoms with E-state index in [1.165, 1.54) is 17.4 Å². The van der Waals surface area contributed by atoms with Crippen molar-refractivity contribution in [1.82, 2.24) is 5.32 Å². The smallest absolute Gasteiger partial charge is 0.324 e. The van der Waals surface area contributed by atoms with Crippen LogP contribution in [0.1, 0.15) is 23.6 Å². The molecular formula is C11H12N2O3S. The van der Waals surface area contributed by atoms with E-state index in [-0.39, 0.29) is 16.0 Å². The fraction of sp³-hybridized carbons (Fsp3) is 0.273. The lowest BCUT2D eigenvalue weighted by Crippen LogP contribution is -2.16. The predicted octanol–water partition coefficient (Wildman–Crippen LogP) is 3.10. The van der Waals surface area contributed by atoms with Gasteiger partial charge in [0.15, 0.2) is 0 Å². The predicted molar refractivity (Wildman–Crippen MR) is 64.9 cm³/mol. The number of nitro groups is 1. The summed E-state index contributed by atoms with van der Waals surface area (Å²) in [5.41, 5.74) is 0. The minimum absolute atomic E-state index is 0.0890. The van der Waals surface area contributed by atoms with Crippen LogP contribution in [0.2, 0.25) is 0 Å². The van der Waals surface area contributed by atoms with Crippen molar-refractivity contribution in [3.63, 3.8) is 0 Å². The van der Waals surface area contributed by atoms with E-state index >= 15 is 0 Å². The molecule has 2 aromatic heterocycles. The molecule has 0 aromatic carbocycles. The molecule has 0 bridgehead atoms. The summed E-state index contributed by atoms with van der Waals surface area (Å²) in [5, 5.41) is 13.9. The molecule has 0 aliphatic carbocycles. The van der Waals surface area contributed by atoms with Gasteiger partial charge in [0.05, 0.1) is 17.2 Å². The average molecular weight is 252 g/mol. The molecular weight excluding hydrogens is 240 g/mol. The highest BCUT2D eigenvalue weighted by Crippen LogP contribution is 2.24. The van der Waals surface area contributed by atoms with Crippen LogP contribution in [0.4, 0.5) is 5.00 Å². The van der Waals surface area contributed by atoms with Gasteiger partial charge >= 0.3 is 5.00 Å². The van der Waals surface area contributed by atoms with Crippen molar-refractivity contribution in [3.8, 4) is 0 Å².